The van der Waals surface area contributed by atoms with Crippen molar-refractivity contribution in [3.8, 4) is 0 Å². The third kappa shape index (κ3) is 3.03. The van der Waals surface area contributed by atoms with Crippen LogP contribution in [0.1, 0.15) is 5.56 Å². The fourth-order valence-corrected chi connectivity index (χ4v) is 4.68. The third-order valence-electron chi connectivity index (χ3n) is 6.08. The fourth-order valence-electron chi connectivity index (χ4n) is 4.68. The number of nitrogens with one attached hydrogen (secondary N) is 1. The van der Waals surface area contributed by atoms with Gasteiger partial charge in [0.1, 0.15) is 0 Å². The lowest BCUT2D eigenvalue weighted by Gasteiger charge is -2.53. The summed E-state index contributed by atoms with van der Waals surface area (Å²) < 4.78 is 0. The standard InChI is InChI=1S/C26H24N4O2/c1-28-17-18-29(25(32)27-21-13-7-3-8-14-21)26(20-11-5-2-6-12-20)23(28)19-24(31)30(26)22-15-9-4-10-16-22/h2-16,19H,17-18H2,1H3,(H,27,32). The van der Waals surface area contributed by atoms with Crippen LogP contribution in [0.5, 0.6) is 0 Å². The summed E-state index contributed by atoms with van der Waals surface area (Å²) in [6.45, 7) is 1.08. The lowest BCUT2D eigenvalue weighted by molar-refractivity contribution is -0.115. The maximum absolute atomic E-state index is 13.7. The quantitative estimate of drug-likeness (QED) is 0.684. The number of fused-ring (bicyclic) bond motifs is 1. The zero-order valence-electron chi connectivity index (χ0n) is 17.8. The van der Waals surface area contributed by atoms with E-state index in [1.54, 1.807) is 15.9 Å². The fraction of sp³-hybridized carbons (Fsp3) is 0.154. The van der Waals surface area contributed by atoms with Crippen molar-refractivity contribution < 1.29 is 9.59 Å². The molecule has 0 spiro atoms. The molecule has 0 bridgehead atoms. The van der Waals surface area contributed by atoms with Gasteiger partial charge in [-0.3, -0.25) is 14.6 Å². The topological polar surface area (TPSA) is 55.9 Å². The van der Waals surface area contributed by atoms with Crippen LogP contribution in [0.2, 0.25) is 0 Å². The minimum atomic E-state index is -1.09. The normalized spacial score (nSPS) is 20.1. The summed E-state index contributed by atoms with van der Waals surface area (Å²) >= 11 is 0. The second kappa shape index (κ2) is 7.89. The van der Waals surface area contributed by atoms with Gasteiger partial charge in [-0.2, -0.15) is 0 Å². The predicted octanol–water partition coefficient (Wildman–Crippen LogP) is 4.25. The van der Waals surface area contributed by atoms with Crippen LogP contribution >= 0.6 is 0 Å². The number of carbonyl (C=O) groups excluding carboxylic acids is 2. The molecule has 3 aromatic rings. The van der Waals surface area contributed by atoms with E-state index in [0.29, 0.717) is 18.8 Å². The number of hydrogen-bond donors (Lipinski definition) is 1. The predicted molar refractivity (Wildman–Crippen MR) is 125 cm³/mol. The van der Waals surface area contributed by atoms with Gasteiger partial charge in [0.2, 0.25) is 0 Å². The van der Waals surface area contributed by atoms with Gasteiger partial charge in [-0.1, -0.05) is 66.7 Å². The number of piperazine rings is 1. The zero-order valence-corrected chi connectivity index (χ0v) is 17.8. The van der Waals surface area contributed by atoms with Gasteiger partial charge >= 0.3 is 6.03 Å². The van der Waals surface area contributed by atoms with Crippen LogP contribution in [-0.4, -0.2) is 41.9 Å². The molecular formula is C26H24N4O2. The number of carbonyl (C=O) groups is 2. The number of para-hydroxylation sites is 2. The Bertz CT molecular complexity index is 1160. The van der Waals surface area contributed by atoms with Crippen molar-refractivity contribution in [3.05, 3.63) is 108 Å². The van der Waals surface area contributed by atoms with E-state index in [9.17, 15) is 9.59 Å². The molecule has 0 saturated carbocycles. The second-order valence-corrected chi connectivity index (χ2v) is 7.95. The van der Waals surface area contributed by atoms with E-state index in [1.807, 2.05) is 98.0 Å². The Labute approximate surface area is 187 Å². The molecule has 1 atom stereocenters. The molecule has 2 heterocycles. The Morgan fingerprint density at radius 2 is 1.44 bits per heavy atom. The molecule has 32 heavy (non-hydrogen) atoms. The number of likely N-dealkylation sites (N-methyl/N-ethyl adjacent to an activating group) is 1. The molecule has 6 heteroatoms. The number of benzene rings is 3. The van der Waals surface area contributed by atoms with E-state index >= 15 is 0 Å². The van der Waals surface area contributed by atoms with Crippen molar-refractivity contribution in [2.45, 2.75) is 5.66 Å². The monoisotopic (exact) mass is 424 g/mol. The van der Waals surface area contributed by atoms with Crippen LogP contribution in [0, 0.1) is 0 Å². The van der Waals surface area contributed by atoms with E-state index in [-0.39, 0.29) is 11.9 Å². The second-order valence-electron chi connectivity index (χ2n) is 7.95. The van der Waals surface area contributed by atoms with Gasteiger partial charge in [0.25, 0.3) is 5.91 Å². The minimum Gasteiger partial charge on any atom is -0.372 e. The smallest absolute Gasteiger partial charge is 0.324 e. The van der Waals surface area contributed by atoms with Crippen molar-refractivity contribution in [3.63, 3.8) is 0 Å². The number of anilines is 2. The molecule has 160 valence electrons. The highest BCUT2D eigenvalue weighted by Crippen LogP contribution is 2.49. The van der Waals surface area contributed by atoms with Crippen LogP contribution in [-0.2, 0) is 10.5 Å². The molecule has 1 fully saturated rings. The van der Waals surface area contributed by atoms with Crippen LogP contribution in [0.15, 0.2) is 103 Å². The summed E-state index contributed by atoms with van der Waals surface area (Å²) in [5.41, 5.74) is 2.00. The number of amides is 3. The number of urea groups is 1. The third-order valence-corrected chi connectivity index (χ3v) is 6.08. The lowest BCUT2D eigenvalue weighted by atomic mass is 9.90. The van der Waals surface area contributed by atoms with E-state index in [1.165, 1.54) is 0 Å². The van der Waals surface area contributed by atoms with E-state index in [4.69, 9.17) is 0 Å². The van der Waals surface area contributed by atoms with Crippen molar-refractivity contribution in [1.82, 2.24) is 9.80 Å². The first kappa shape index (κ1) is 19.9. The molecule has 1 unspecified atom stereocenters. The largest absolute Gasteiger partial charge is 0.372 e. The Kier molecular flexibility index (Phi) is 4.90. The lowest BCUT2D eigenvalue weighted by Crippen LogP contribution is -2.66. The summed E-state index contributed by atoms with van der Waals surface area (Å²) in [5, 5.41) is 3.02. The number of hydrogen-bond acceptors (Lipinski definition) is 3. The maximum atomic E-state index is 13.7. The van der Waals surface area contributed by atoms with Crippen LogP contribution in [0.4, 0.5) is 16.2 Å². The Morgan fingerprint density at radius 1 is 0.844 bits per heavy atom. The molecular weight excluding hydrogens is 400 g/mol. The maximum Gasteiger partial charge on any atom is 0.324 e. The zero-order chi connectivity index (χ0) is 22.1. The van der Waals surface area contributed by atoms with Gasteiger partial charge in [0, 0.05) is 43.2 Å². The SMILES string of the molecule is CN1CCN(C(=O)Nc2ccccc2)C2(c3ccccc3)C1=CC(=O)N2c1ccccc1. The van der Waals surface area contributed by atoms with Crippen molar-refractivity contribution >= 4 is 23.3 Å². The van der Waals surface area contributed by atoms with Gasteiger partial charge in [0.15, 0.2) is 5.66 Å². The van der Waals surface area contributed by atoms with Crippen molar-refractivity contribution in [2.75, 3.05) is 30.4 Å². The average molecular weight is 425 g/mol. The number of nitrogens with zero attached hydrogens (tertiary/aromatic N) is 3. The minimum absolute atomic E-state index is 0.152. The Morgan fingerprint density at radius 3 is 2.09 bits per heavy atom. The molecule has 5 rings (SSSR count). The van der Waals surface area contributed by atoms with Crippen LogP contribution in [0.3, 0.4) is 0 Å². The summed E-state index contributed by atoms with van der Waals surface area (Å²) in [7, 11) is 1.97. The molecule has 6 nitrogen and oxygen atoms in total. The van der Waals surface area contributed by atoms with Crippen molar-refractivity contribution in [1.29, 1.82) is 0 Å². The molecule has 0 aromatic heterocycles. The Hall–Kier alpha value is -4.06. The highest BCUT2D eigenvalue weighted by molar-refractivity contribution is 6.08. The van der Waals surface area contributed by atoms with Gasteiger partial charge in [0.05, 0.1) is 5.70 Å². The first-order valence-corrected chi connectivity index (χ1v) is 10.6. The molecule has 2 aliphatic rings. The molecule has 3 aromatic carbocycles. The van der Waals surface area contributed by atoms with E-state index < -0.39 is 5.66 Å². The molecule has 1 N–H and O–H groups in total. The molecule has 1 saturated heterocycles. The van der Waals surface area contributed by atoms with E-state index in [0.717, 1.165) is 16.9 Å². The molecule has 3 amide bonds. The van der Waals surface area contributed by atoms with Gasteiger partial charge in [-0.05, 0) is 24.3 Å². The number of rotatable bonds is 3. The van der Waals surface area contributed by atoms with E-state index in [2.05, 4.69) is 10.2 Å². The highest BCUT2D eigenvalue weighted by Gasteiger charge is 2.58. The first-order chi connectivity index (χ1) is 15.6. The average Bonchev–Trinajstić information content (AvgIpc) is 3.15. The summed E-state index contributed by atoms with van der Waals surface area (Å²) in [5.74, 6) is -0.152. The first-order valence-electron chi connectivity index (χ1n) is 10.6. The van der Waals surface area contributed by atoms with Crippen molar-refractivity contribution in [2.24, 2.45) is 0 Å². The highest BCUT2D eigenvalue weighted by atomic mass is 16.2. The van der Waals surface area contributed by atoms with Crippen LogP contribution < -0.4 is 10.2 Å². The molecule has 2 aliphatic heterocycles. The summed E-state index contributed by atoms with van der Waals surface area (Å²) in [4.78, 5) is 32.7. The van der Waals surface area contributed by atoms with Crippen LogP contribution in [0.25, 0.3) is 0 Å². The molecule has 0 aliphatic carbocycles. The summed E-state index contributed by atoms with van der Waals surface area (Å²) in [6.07, 6.45) is 1.65. The van der Waals surface area contributed by atoms with Gasteiger partial charge in [-0.15, -0.1) is 0 Å². The van der Waals surface area contributed by atoms with Gasteiger partial charge in [-0.25, -0.2) is 4.79 Å². The summed E-state index contributed by atoms with van der Waals surface area (Å²) in [6, 6.07) is 28.4. The molecule has 0 radical (unpaired) electrons. The Balaban J connectivity index is 1.70. The van der Waals surface area contributed by atoms with Gasteiger partial charge < -0.3 is 10.2 Å².